The molecule has 0 unspecified atom stereocenters. The summed E-state index contributed by atoms with van der Waals surface area (Å²) in [6, 6.07) is 6.75. The third-order valence-electron chi connectivity index (χ3n) is 2.73. The van der Waals surface area contributed by atoms with Crippen LogP contribution in [-0.4, -0.2) is 26.3 Å². The molecule has 0 N–H and O–H groups in total. The molecule has 1 aliphatic rings. The van der Waals surface area contributed by atoms with Crippen molar-refractivity contribution in [2.45, 2.75) is 17.7 Å². The van der Waals surface area contributed by atoms with Crippen LogP contribution in [0.3, 0.4) is 0 Å². The third-order valence-corrected chi connectivity index (χ3v) is 5.10. The lowest BCUT2D eigenvalue weighted by molar-refractivity contribution is 0.453. The van der Waals surface area contributed by atoms with Crippen molar-refractivity contribution in [3.8, 4) is 0 Å². The summed E-state index contributed by atoms with van der Waals surface area (Å²) in [6.45, 7) is 0.637. The Labute approximate surface area is 105 Å². The number of nitrogens with zero attached hydrogens (tertiary/aromatic N) is 1. The van der Waals surface area contributed by atoms with Crippen LogP contribution in [0.1, 0.15) is 12.8 Å². The fraction of sp³-hybridized carbons (Fsp3) is 0.455. The highest BCUT2D eigenvalue weighted by Gasteiger charge is 2.28. The molecule has 0 aromatic heterocycles. The number of hydrogen-bond donors (Lipinski definition) is 0. The minimum Gasteiger partial charge on any atom is -0.207 e. The Morgan fingerprint density at radius 2 is 1.88 bits per heavy atom. The highest BCUT2D eigenvalue weighted by molar-refractivity contribution is 9.10. The second kappa shape index (κ2) is 4.47. The maximum atomic E-state index is 12.1. The third kappa shape index (κ3) is 2.64. The molecule has 88 valence electrons. The van der Waals surface area contributed by atoms with E-state index in [9.17, 15) is 8.42 Å². The monoisotopic (exact) mass is 303 g/mol. The summed E-state index contributed by atoms with van der Waals surface area (Å²) < 4.78 is 26.6. The Hall–Kier alpha value is -0.390. The van der Waals surface area contributed by atoms with Crippen molar-refractivity contribution in [1.82, 2.24) is 4.31 Å². The van der Waals surface area contributed by atoms with Gasteiger partial charge in [0, 0.05) is 18.1 Å². The average Bonchev–Trinajstić information content (AvgIpc) is 3.02. The molecule has 0 spiro atoms. The van der Waals surface area contributed by atoms with Crippen LogP contribution in [0.25, 0.3) is 0 Å². The van der Waals surface area contributed by atoms with Gasteiger partial charge in [0.05, 0.1) is 4.90 Å². The van der Waals surface area contributed by atoms with Gasteiger partial charge in [0.2, 0.25) is 10.0 Å². The Kier molecular flexibility index (Phi) is 3.37. The van der Waals surface area contributed by atoms with E-state index in [0.717, 1.165) is 17.3 Å². The van der Waals surface area contributed by atoms with Crippen LogP contribution in [-0.2, 0) is 10.0 Å². The minimum absolute atomic E-state index is 0.360. The van der Waals surface area contributed by atoms with Crippen molar-refractivity contribution < 1.29 is 8.42 Å². The summed E-state index contributed by atoms with van der Waals surface area (Å²) in [4.78, 5) is 0.360. The van der Waals surface area contributed by atoms with Gasteiger partial charge in [-0.3, -0.25) is 0 Å². The number of rotatable bonds is 4. The molecule has 0 aliphatic heterocycles. The lowest BCUT2D eigenvalue weighted by atomic mass is 10.4. The first-order valence-electron chi connectivity index (χ1n) is 5.22. The smallest absolute Gasteiger partial charge is 0.207 e. The van der Waals surface area contributed by atoms with Crippen molar-refractivity contribution >= 4 is 26.0 Å². The summed E-state index contributed by atoms with van der Waals surface area (Å²) in [5.74, 6) is 0.565. The van der Waals surface area contributed by atoms with Crippen LogP contribution in [0.5, 0.6) is 0 Å². The zero-order chi connectivity index (χ0) is 11.8. The molecule has 0 radical (unpaired) electrons. The number of benzene rings is 1. The highest BCUT2D eigenvalue weighted by Crippen LogP contribution is 2.31. The van der Waals surface area contributed by atoms with E-state index in [0.29, 0.717) is 17.4 Å². The van der Waals surface area contributed by atoms with Gasteiger partial charge in [0.1, 0.15) is 0 Å². The second-order valence-electron chi connectivity index (χ2n) is 4.18. The molecule has 1 aliphatic carbocycles. The van der Waals surface area contributed by atoms with Gasteiger partial charge in [-0.2, -0.15) is 0 Å². The first-order valence-corrected chi connectivity index (χ1v) is 7.45. The summed E-state index contributed by atoms with van der Waals surface area (Å²) in [5, 5.41) is 0. The van der Waals surface area contributed by atoms with E-state index in [4.69, 9.17) is 0 Å². The summed E-state index contributed by atoms with van der Waals surface area (Å²) in [6.07, 6.45) is 2.31. The maximum absolute atomic E-state index is 12.1. The normalized spacial score (nSPS) is 16.7. The predicted octanol–water partition coefficient (Wildman–Crippen LogP) is 2.48. The average molecular weight is 304 g/mol. The minimum atomic E-state index is -3.30. The fourth-order valence-corrected chi connectivity index (χ4v) is 3.06. The quantitative estimate of drug-likeness (QED) is 0.857. The van der Waals surface area contributed by atoms with Gasteiger partial charge < -0.3 is 0 Å². The number of sulfonamides is 1. The maximum Gasteiger partial charge on any atom is 0.242 e. The molecule has 1 saturated carbocycles. The molecule has 5 heteroatoms. The molecule has 0 amide bonds. The van der Waals surface area contributed by atoms with Crippen molar-refractivity contribution in [3.63, 3.8) is 0 Å². The Balaban J connectivity index is 2.19. The second-order valence-corrected chi connectivity index (χ2v) is 7.14. The van der Waals surface area contributed by atoms with Crippen molar-refractivity contribution in [2.24, 2.45) is 5.92 Å². The van der Waals surface area contributed by atoms with Gasteiger partial charge in [-0.15, -0.1) is 0 Å². The number of hydrogen-bond acceptors (Lipinski definition) is 2. The van der Waals surface area contributed by atoms with E-state index in [1.807, 2.05) is 0 Å². The van der Waals surface area contributed by atoms with E-state index in [1.165, 1.54) is 4.31 Å². The molecule has 0 saturated heterocycles. The first kappa shape index (κ1) is 12.1. The summed E-state index contributed by atoms with van der Waals surface area (Å²) in [5.41, 5.74) is 0. The molecule has 0 bridgehead atoms. The van der Waals surface area contributed by atoms with Crippen LogP contribution in [0, 0.1) is 5.92 Å². The molecule has 1 aromatic rings. The zero-order valence-electron chi connectivity index (χ0n) is 9.06. The van der Waals surface area contributed by atoms with Crippen molar-refractivity contribution in [1.29, 1.82) is 0 Å². The van der Waals surface area contributed by atoms with E-state index in [2.05, 4.69) is 15.9 Å². The van der Waals surface area contributed by atoms with Gasteiger partial charge in [-0.1, -0.05) is 15.9 Å². The first-order chi connectivity index (χ1) is 7.50. The van der Waals surface area contributed by atoms with Gasteiger partial charge in [-0.05, 0) is 43.0 Å². The molecule has 1 aromatic carbocycles. The summed E-state index contributed by atoms with van der Waals surface area (Å²) >= 11 is 3.29. The molecule has 3 nitrogen and oxygen atoms in total. The Bertz CT molecular complexity index is 465. The van der Waals surface area contributed by atoms with Crippen LogP contribution < -0.4 is 0 Å². The topological polar surface area (TPSA) is 37.4 Å². The molecule has 1 fully saturated rings. The molecular weight excluding hydrogens is 290 g/mol. The molecule has 2 rings (SSSR count). The lowest BCUT2D eigenvalue weighted by Gasteiger charge is -2.16. The van der Waals surface area contributed by atoms with Crippen LogP contribution in [0.2, 0.25) is 0 Å². The van der Waals surface area contributed by atoms with Crippen molar-refractivity contribution in [2.75, 3.05) is 13.6 Å². The zero-order valence-corrected chi connectivity index (χ0v) is 11.5. The van der Waals surface area contributed by atoms with Gasteiger partial charge >= 0.3 is 0 Å². The largest absolute Gasteiger partial charge is 0.242 e. The van der Waals surface area contributed by atoms with E-state index in [-0.39, 0.29) is 0 Å². The Morgan fingerprint density at radius 3 is 2.38 bits per heavy atom. The van der Waals surface area contributed by atoms with Crippen molar-refractivity contribution in [3.05, 3.63) is 28.7 Å². The molecule has 16 heavy (non-hydrogen) atoms. The number of halogens is 1. The van der Waals surface area contributed by atoms with Gasteiger partial charge in [-0.25, -0.2) is 12.7 Å². The molecular formula is C11H14BrNO2S. The highest BCUT2D eigenvalue weighted by atomic mass is 79.9. The van der Waals surface area contributed by atoms with E-state index in [1.54, 1.807) is 31.3 Å². The van der Waals surface area contributed by atoms with E-state index < -0.39 is 10.0 Å². The fourth-order valence-electron chi connectivity index (χ4n) is 1.55. The van der Waals surface area contributed by atoms with Crippen LogP contribution in [0.4, 0.5) is 0 Å². The lowest BCUT2D eigenvalue weighted by Crippen LogP contribution is -2.28. The van der Waals surface area contributed by atoms with Gasteiger partial charge in [0.25, 0.3) is 0 Å². The standard InChI is InChI=1S/C11H14BrNO2S/c1-13(8-9-2-3-9)16(14,15)11-6-4-10(12)5-7-11/h4-7,9H,2-3,8H2,1H3. The van der Waals surface area contributed by atoms with Gasteiger partial charge in [0.15, 0.2) is 0 Å². The van der Waals surface area contributed by atoms with Crippen LogP contribution in [0.15, 0.2) is 33.6 Å². The molecule has 0 heterocycles. The van der Waals surface area contributed by atoms with E-state index >= 15 is 0 Å². The Morgan fingerprint density at radius 1 is 1.31 bits per heavy atom. The molecule has 0 atom stereocenters. The van der Waals surface area contributed by atoms with Crippen LogP contribution >= 0.6 is 15.9 Å². The summed E-state index contributed by atoms with van der Waals surface area (Å²) in [7, 11) is -1.65. The predicted molar refractivity (Wildman–Crippen MR) is 66.7 cm³/mol. The SMILES string of the molecule is CN(CC1CC1)S(=O)(=O)c1ccc(Br)cc1.